The van der Waals surface area contributed by atoms with Crippen LogP contribution in [0.5, 0.6) is 0 Å². The quantitative estimate of drug-likeness (QED) is 0.641. The third kappa shape index (κ3) is 4.22. The van der Waals surface area contributed by atoms with Gasteiger partial charge in [-0.2, -0.15) is 0 Å². The number of ether oxygens (including phenoxy) is 1. The molecule has 0 aromatic heterocycles. The van der Waals surface area contributed by atoms with Gasteiger partial charge in [0.25, 0.3) is 5.91 Å². The third-order valence-electron chi connectivity index (χ3n) is 7.61. The van der Waals surface area contributed by atoms with E-state index in [-0.39, 0.29) is 11.8 Å². The van der Waals surface area contributed by atoms with Crippen molar-refractivity contribution in [3.8, 4) is 0 Å². The Morgan fingerprint density at radius 3 is 2.40 bits per heavy atom. The first-order valence-corrected chi connectivity index (χ1v) is 11.8. The summed E-state index contributed by atoms with van der Waals surface area (Å²) in [7, 11) is 1.72. The van der Waals surface area contributed by atoms with Crippen molar-refractivity contribution in [1.29, 1.82) is 0 Å². The molecule has 0 radical (unpaired) electrons. The number of benzene rings is 1. The average molecular weight is 411 g/mol. The van der Waals surface area contributed by atoms with Crippen molar-refractivity contribution in [2.45, 2.75) is 64.0 Å². The molecule has 0 bridgehead atoms. The van der Waals surface area contributed by atoms with Gasteiger partial charge in [-0.3, -0.25) is 4.79 Å². The van der Waals surface area contributed by atoms with Gasteiger partial charge in [0.15, 0.2) is 5.60 Å². The zero-order chi connectivity index (χ0) is 21.1. The lowest BCUT2D eigenvalue weighted by Gasteiger charge is -2.41. The highest BCUT2D eigenvalue weighted by atomic mass is 16.5. The molecule has 4 nitrogen and oxygen atoms in total. The van der Waals surface area contributed by atoms with E-state index in [0.717, 1.165) is 44.5 Å². The summed E-state index contributed by atoms with van der Waals surface area (Å²) in [6.07, 6.45) is 9.21. The van der Waals surface area contributed by atoms with E-state index in [4.69, 9.17) is 4.74 Å². The van der Waals surface area contributed by atoms with Gasteiger partial charge >= 0.3 is 0 Å². The normalized spacial score (nSPS) is 28.4. The Morgan fingerprint density at radius 1 is 1.13 bits per heavy atom. The highest BCUT2D eigenvalue weighted by Gasteiger charge is 2.58. The summed E-state index contributed by atoms with van der Waals surface area (Å²) in [4.78, 5) is 16.3. The van der Waals surface area contributed by atoms with Crippen LogP contribution in [0.1, 0.15) is 57.9 Å². The van der Waals surface area contributed by atoms with Crippen molar-refractivity contribution >= 4 is 5.91 Å². The number of nitrogens with zero attached hydrogens (tertiary/aromatic N) is 1. The van der Waals surface area contributed by atoms with Crippen LogP contribution < -0.4 is 5.32 Å². The number of allylic oxidation sites excluding steroid dienone is 1. The van der Waals surface area contributed by atoms with E-state index in [1.807, 2.05) is 18.2 Å². The van der Waals surface area contributed by atoms with Crippen molar-refractivity contribution in [1.82, 2.24) is 10.2 Å². The van der Waals surface area contributed by atoms with Crippen LogP contribution in [0.25, 0.3) is 0 Å². The average Bonchev–Trinajstić information content (AvgIpc) is 3.19. The molecule has 3 fully saturated rings. The number of fused-ring (bicyclic) bond motifs is 1. The number of amides is 1. The number of likely N-dealkylation sites (tertiary alicyclic amines) is 1. The fourth-order valence-electron chi connectivity index (χ4n) is 5.93. The largest absolute Gasteiger partial charge is 0.363 e. The van der Waals surface area contributed by atoms with E-state index >= 15 is 0 Å². The zero-order valence-corrected chi connectivity index (χ0v) is 18.9. The van der Waals surface area contributed by atoms with Gasteiger partial charge < -0.3 is 15.0 Å². The summed E-state index contributed by atoms with van der Waals surface area (Å²) in [5.41, 5.74) is 1.54. The number of hydrogen-bond acceptors (Lipinski definition) is 3. The molecular weight excluding hydrogens is 372 g/mol. The van der Waals surface area contributed by atoms with Crippen LogP contribution in [0, 0.1) is 17.8 Å². The van der Waals surface area contributed by atoms with E-state index < -0.39 is 5.60 Å². The van der Waals surface area contributed by atoms with E-state index in [9.17, 15) is 4.79 Å². The standard InChI is InChI=1S/C26H38N2O2/c1-19(2)11-10-16-28-17-22-23(18-28)24(22)27-25(29)26(30-3,20-12-6-4-7-13-20)21-14-8-5-9-15-21/h4,6-7,11-13,21-24H,5,8-10,14-18H2,1-3H3,(H,27,29). The van der Waals surface area contributed by atoms with Crippen LogP contribution in [0.2, 0.25) is 0 Å². The van der Waals surface area contributed by atoms with Crippen LogP contribution in [-0.4, -0.2) is 43.6 Å². The maximum absolute atomic E-state index is 13.7. The van der Waals surface area contributed by atoms with Crippen LogP contribution in [0.4, 0.5) is 0 Å². The van der Waals surface area contributed by atoms with Crippen LogP contribution in [0.15, 0.2) is 42.0 Å². The number of rotatable bonds is 8. The Balaban J connectivity index is 1.42. The van der Waals surface area contributed by atoms with Gasteiger partial charge in [-0.1, -0.05) is 61.2 Å². The Bertz CT molecular complexity index is 740. The number of hydrogen-bond donors (Lipinski definition) is 1. The minimum atomic E-state index is -0.859. The number of carbonyl (C=O) groups is 1. The topological polar surface area (TPSA) is 41.6 Å². The number of methoxy groups -OCH3 is 1. The molecule has 1 saturated heterocycles. The van der Waals surface area contributed by atoms with Crippen LogP contribution in [-0.2, 0) is 15.1 Å². The smallest absolute Gasteiger partial charge is 0.257 e. The molecule has 1 aromatic carbocycles. The van der Waals surface area contributed by atoms with E-state index in [0.29, 0.717) is 17.9 Å². The molecule has 4 heteroatoms. The number of carbonyl (C=O) groups excluding carboxylic acids is 1. The fraction of sp³-hybridized carbons (Fsp3) is 0.654. The Morgan fingerprint density at radius 2 is 1.80 bits per heavy atom. The molecule has 3 unspecified atom stereocenters. The lowest BCUT2D eigenvalue weighted by molar-refractivity contribution is -0.155. The second-order valence-corrected chi connectivity index (χ2v) is 9.80. The second kappa shape index (κ2) is 9.23. The Hall–Kier alpha value is -1.65. The van der Waals surface area contributed by atoms with Crippen molar-refractivity contribution in [2.75, 3.05) is 26.7 Å². The fourth-order valence-corrected chi connectivity index (χ4v) is 5.93. The maximum atomic E-state index is 13.7. The molecular formula is C26H38N2O2. The molecule has 1 amide bonds. The molecule has 164 valence electrons. The first kappa shape index (κ1) is 21.6. The summed E-state index contributed by atoms with van der Waals surface area (Å²) in [5, 5.41) is 3.44. The second-order valence-electron chi connectivity index (χ2n) is 9.80. The minimum Gasteiger partial charge on any atom is -0.363 e. The lowest BCUT2D eigenvalue weighted by atomic mass is 9.72. The van der Waals surface area contributed by atoms with Crippen molar-refractivity contribution in [2.24, 2.45) is 17.8 Å². The summed E-state index contributed by atoms with van der Waals surface area (Å²) in [6, 6.07) is 10.5. The van der Waals surface area contributed by atoms with E-state index in [1.165, 1.54) is 24.8 Å². The third-order valence-corrected chi connectivity index (χ3v) is 7.61. The van der Waals surface area contributed by atoms with Gasteiger partial charge in [-0.15, -0.1) is 0 Å². The van der Waals surface area contributed by atoms with Gasteiger partial charge in [-0.05, 0) is 50.5 Å². The molecule has 1 aliphatic heterocycles. The SMILES string of the molecule is COC(C(=O)NC1C2CN(CCC=C(C)C)CC21)(c1ccccc1)C1CCCCC1. The number of piperidine rings is 1. The predicted molar refractivity (Wildman–Crippen MR) is 121 cm³/mol. The molecule has 2 saturated carbocycles. The Kier molecular flexibility index (Phi) is 6.64. The molecule has 0 spiro atoms. The van der Waals surface area contributed by atoms with Gasteiger partial charge in [0, 0.05) is 38.7 Å². The van der Waals surface area contributed by atoms with Gasteiger partial charge in [0.1, 0.15) is 0 Å². The van der Waals surface area contributed by atoms with Crippen LogP contribution in [0.3, 0.4) is 0 Å². The molecule has 1 N–H and O–H groups in total. The van der Waals surface area contributed by atoms with Crippen molar-refractivity contribution in [3.63, 3.8) is 0 Å². The summed E-state index contributed by atoms with van der Waals surface area (Å²) in [5.74, 6) is 1.55. The molecule has 2 aliphatic carbocycles. The molecule has 1 heterocycles. The van der Waals surface area contributed by atoms with Gasteiger partial charge in [0.2, 0.25) is 0 Å². The molecule has 4 rings (SSSR count). The van der Waals surface area contributed by atoms with E-state index in [1.54, 1.807) is 7.11 Å². The predicted octanol–water partition coefficient (Wildman–Crippen LogP) is 4.51. The lowest BCUT2D eigenvalue weighted by Crippen LogP contribution is -2.53. The van der Waals surface area contributed by atoms with Crippen LogP contribution >= 0.6 is 0 Å². The summed E-state index contributed by atoms with van der Waals surface area (Å²) >= 11 is 0. The van der Waals surface area contributed by atoms with Crippen molar-refractivity contribution < 1.29 is 9.53 Å². The Labute approximate surface area is 182 Å². The molecule has 3 aliphatic rings. The molecule has 30 heavy (non-hydrogen) atoms. The highest BCUT2D eigenvalue weighted by Crippen LogP contribution is 2.47. The highest BCUT2D eigenvalue weighted by molar-refractivity contribution is 5.87. The first-order chi connectivity index (χ1) is 14.6. The first-order valence-electron chi connectivity index (χ1n) is 11.8. The number of nitrogens with one attached hydrogen (secondary N) is 1. The van der Waals surface area contributed by atoms with E-state index in [2.05, 4.69) is 42.3 Å². The molecule has 1 aromatic rings. The maximum Gasteiger partial charge on any atom is 0.257 e. The van der Waals surface area contributed by atoms with Crippen molar-refractivity contribution in [3.05, 3.63) is 47.5 Å². The monoisotopic (exact) mass is 410 g/mol. The minimum absolute atomic E-state index is 0.0820. The zero-order valence-electron chi connectivity index (χ0n) is 18.9. The van der Waals surface area contributed by atoms with Gasteiger partial charge in [0.05, 0.1) is 0 Å². The van der Waals surface area contributed by atoms with Gasteiger partial charge in [-0.25, -0.2) is 0 Å². The molecule has 3 atom stereocenters. The summed E-state index contributed by atoms with van der Waals surface area (Å²) in [6.45, 7) is 7.68. The summed E-state index contributed by atoms with van der Waals surface area (Å²) < 4.78 is 6.14.